The Morgan fingerprint density at radius 2 is 2.18 bits per heavy atom. The summed E-state index contributed by atoms with van der Waals surface area (Å²) in [6.45, 7) is 1.56. The van der Waals surface area contributed by atoms with Crippen LogP contribution in [0, 0.1) is 17.7 Å². The summed E-state index contributed by atoms with van der Waals surface area (Å²) in [5, 5.41) is 30.3. The quantitative estimate of drug-likeness (QED) is 0.416. The number of fused-ring (bicyclic) bond motifs is 2. The third-order valence-corrected chi connectivity index (χ3v) is 5.89. The normalized spacial score (nSPS) is 36.2. The topological polar surface area (TPSA) is 87.0 Å². The second kappa shape index (κ2) is 9.75. The number of rotatable bonds is 10. The molecule has 0 amide bonds. The summed E-state index contributed by atoms with van der Waals surface area (Å²) in [6.07, 6.45) is -1.41. The zero-order valence-electron chi connectivity index (χ0n) is 20.5. The summed E-state index contributed by atoms with van der Waals surface area (Å²) in [6, 6.07) is 5.21. The molecule has 0 heterocycles. The van der Waals surface area contributed by atoms with Crippen LogP contribution in [-0.4, -0.2) is 40.1 Å². The highest BCUT2D eigenvalue weighted by molar-refractivity contribution is 5.68. The monoisotopic (exact) mass is 396 g/mol. The Hall–Kier alpha value is -1.59. The molecule has 0 saturated heterocycles. The van der Waals surface area contributed by atoms with Crippen LogP contribution in [0.4, 0.5) is 0 Å². The maximum Gasteiger partial charge on any atom is 0.341 e. The lowest BCUT2D eigenvalue weighted by atomic mass is 9.73. The molecule has 2 aliphatic carbocycles. The fourth-order valence-corrected chi connectivity index (χ4v) is 4.41. The molecule has 5 atom stereocenters. The van der Waals surface area contributed by atoms with Gasteiger partial charge in [0.1, 0.15) is 5.75 Å². The van der Waals surface area contributed by atoms with Crippen LogP contribution >= 0.6 is 0 Å². The van der Waals surface area contributed by atoms with Crippen molar-refractivity contribution >= 4 is 5.97 Å². The van der Waals surface area contributed by atoms with Crippen LogP contribution in [0.5, 0.6) is 5.75 Å². The second-order valence-corrected chi connectivity index (χ2v) is 7.90. The molecule has 0 unspecified atom stereocenters. The molecule has 1 saturated carbocycles. The first-order valence-electron chi connectivity index (χ1n) is 12.3. The maximum absolute atomic E-state index is 11.0. The van der Waals surface area contributed by atoms with E-state index < -0.39 is 48.9 Å². The van der Waals surface area contributed by atoms with Crippen molar-refractivity contribution in [3.63, 3.8) is 0 Å². The lowest BCUT2D eigenvalue weighted by Gasteiger charge is -2.32. The minimum atomic E-state index is -2.64. The molecular formula is C23H34O5. The minimum Gasteiger partial charge on any atom is -0.482 e. The van der Waals surface area contributed by atoms with Gasteiger partial charge in [0.15, 0.2) is 6.61 Å². The third kappa shape index (κ3) is 5.06. The first kappa shape index (κ1) is 16.2. The Morgan fingerprint density at radius 3 is 2.93 bits per heavy atom. The van der Waals surface area contributed by atoms with Crippen molar-refractivity contribution in [2.75, 3.05) is 6.61 Å². The number of hydrogen-bond acceptors (Lipinski definition) is 4. The van der Waals surface area contributed by atoms with E-state index in [0.29, 0.717) is 24.2 Å². The minimum absolute atomic E-state index is 0.0332. The van der Waals surface area contributed by atoms with Crippen molar-refractivity contribution < 1.29 is 30.3 Å². The van der Waals surface area contributed by atoms with E-state index in [0.717, 1.165) is 24.8 Å². The molecule has 3 rings (SSSR count). The Labute approximate surface area is 173 Å². The van der Waals surface area contributed by atoms with E-state index in [1.165, 1.54) is 0 Å². The summed E-state index contributed by atoms with van der Waals surface area (Å²) in [5.74, 6) is -3.92. The lowest BCUT2D eigenvalue weighted by Crippen LogP contribution is -2.28. The van der Waals surface area contributed by atoms with Gasteiger partial charge in [0.2, 0.25) is 0 Å². The summed E-state index contributed by atoms with van der Waals surface area (Å²) in [5.41, 5.74) is 1.50. The van der Waals surface area contributed by atoms with Crippen molar-refractivity contribution in [2.45, 2.75) is 76.8 Å². The maximum atomic E-state index is 11.0. The van der Waals surface area contributed by atoms with Crippen molar-refractivity contribution in [1.29, 1.82) is 0 Å². The molecule has 1 aromatic carbocycles. The highest BCUT2D eigenvalue weighted by Crippen LogP contribution is 2.48. The molecule has 1 aromatic rings. The number of unbranched alkanes of at least 4 members (excludes halogenated alkanes) is 2. The van der Waals surface area contributed by atoms with Gasteiger partial charge in [-0.05, 0) is 73.4 Å². The van der Waals surface area contributed by atoms with Crippen LogP contribution in [-0.2, 0) is 17.6 Å². The Balaban J connectivity index is 1.87. The molecule has 0 bridgehead atoms. The number of benzene rings is 1. The molecule has 0 radical (unpaired) electrons. The van der Waals surface area contributed by atoms with Gasteiger partial charge in [0.25, 0.3) is 0 Å². The Bertz CT molecular complexity index is 831. The average Bonchev–Trinajstić information content (AvgIpc) is 2.85. The molecule has 0 spiro atoms. The van der Waals surface area contributed by atoms with Crippen molar-refractivity contribution in [3.05, 3.63) is 29.3 Å². The molecule has 0 aromatic heterocycles. The van der Waals surface area contributed by atoms with Gasteiger partial charge in [-0.2, -0.15) is 0 Å². The Morgan fingerprint density at radius 1 is 1.36 bits per heavy atom. The van der Waals surface area contributed by atoms with Gasteiger partial charge in [0.05, 0.1) is 13.6 Å². The molecule has 1 fully saturated rings. The molecular weight excluding hydrogens is 358 g/mol. The molecule has 2 aliphatic rings. The van der Waals surface area contributed by atoms with E-state index >= 15 is 0 Å². The van der Waals surface area contributed by atoms with E-state index in [-0.39, 0.29) is 19.3 Å². The molecule has 5 heteroatoms. The number of ether oxygens (including phenoxy) is 1. The zero-order valence-corrected chi connectivity index (χ0v) is 16.5. The van der Waals surface area contributed by atoms with Crippen molar-refractivity contribution in [1.82, 2.24) is 0 Å². The SMILES string of the molecule is [2H]C1([2H])[C@@H]2Cc3c(cccc3O[13CH2][13C](=O)O)C[C@@H]2[C@@]([2H])(CC[C@@H](O)CCCCC)[C@]1([2H])O. The molecule has 28 heavy (non-hydrogen) atoms. The van der Waals surface area contributed by atoms with Gasteiger partial charge in [-0.1, -0.05) is 38.3 Å². The van der Waals surface area contributed by atoms with E-state index in [9.17, 15) is 15.0 Å². The fraction of sp³-hybridized carbons (Fsp3) is 0.696. The lowest BCUT2D eigenvalue weighted by molar-refractivity contribution is -0.139. The number of aliphatic hydroxyl groups is 2. The van der Waals surface area contributed by atoms with Crippen molar-refractivity contribution in [2.24, 2.45) is 17.7 Å². The summed E-state index contributed by atoms with van der Waals surface area (Å²) in [4.78, 5) is 10.9. The number of carboxylic acid groups (broad SMARTS) is 1. The van der Waals surface area contributed by atoms with Crippen LogP contribution in [0.1, 0.15) is 68.4 Å². The summed E-state index contributed by atoms with van der Waals surface area (Å²) in [7, 11) is 0. The Kier molecular flexibility index (Phi) is 5.65. The average molecular weight is 397 g/mol. The van der Waals surface area contributed by atoms with Crippen LogP contribution in [0.25, 0.3) is 0 Å². The summed E-state index contributed by atoms with van der Waals surface area (Å²) >= 11 is 0. The summed E-state index contributed by atoms with van der Waals surface area (Å²) < 4.78 is 40.2. The highest BCUT2D eigenvalue weighted by atomic mass is 16.6. The van der Waals surface area contributed by atoms with Gasteiger partial charge in [-0.15, -0.1) is 0 Å². The number of carboxylic acids is 1. The van der Waals surface area contributed by atoms with E-state index in [1.807, 2.05) is 6.07 Å². The third-order valence-electron chi connectivity index (χ3n) is 5.89. The molecule has 3 N–H and O–H groups in total. The number of hydrogen-bond donors (Lipinski definition) is 3. The largest absolute Gasteiger partial charge is 0.482 e. The van der Waals surface area contributed by atoms with Crippen LogP contribution in [0.15, 0.2) is 18.2 Å². The van der Waals surface area contributed by atoms with E-state index in [4.69, 9.17) is 15.3 Å². The predicted octanol–water partition coefficient (Wildman–Crippen LogP) is 3.58. The second-order valence-electron chi connectivity index (χ2n) is 7.90. The molecule has 0 aliphatic heterocycles. The number of aliphatic hydroxyl groups excluding tert-OH is 1. The van der Waals surface area contributed by atoms with Crippen LogP contribution in [0.3, 0.4) is 0 Å². The van der Waals surface area contributed by atoms with Gasteiger partial charge in [-0.3, -0.25) is 0 Å². The molecule has 156 valence electrons. The highest BCUT2D eigenvalue weighted by Gasteiger charge is 2.44. The van der Waals surface area contributed by atoms with Gasteiger partial charge in [-0.25, -0.2) is 4.79 Å². The van der Waals surface area contributed by atoms with Crippen LogP contribution < -0.4 is 4.74 Å². The van der Waals surface area contributed by atoms with Gasteiger partial charge in [0, 0.05) is 4.11 Å². The first-order chi connectivity index (χ1) is 15.0. The zero-order chi connectivity index (χ0) is 23.7. The number of carbonyl (C=O) groups is 1. The van der Waals surface area contributed by atoms with Gasteiger partial charge >= 0.3 is 5.97 Å². The van der Waals surface area contributed by atoms with Crippen molar-refractivity contribution in [3.8, 4) is 5.75 Å². The standard InChI is InChI=1S/C23H34O5/c1-2-3-4-7-17(24)9-10-18-19-11-15-6-5-8-22(28-14-23(26)27)20(15)12-16(19)13-21(18)25/h5-6,8,16-19,21,24-25H,2-4,7,9-14H2,1H3,(H,26,27)/t16-,17-,18+,19-,21+/m0/s1/i13D2,14+1,18D,21D,23+1. The first-order valence-corrected chi connectivity index (χ1v) is 10.3. The fourth-order valence-electron chi connectivity index (χ4n) is 4.41. The molecule has 5 nitrogen and oxygen atoms in total. The van der Waals surface area contributed by atoms with E-state index in [1.54, 1.807) is 12.1 Å². The van der Waals surface area contributed by atoms with E-state index in [2.05, 4.69) is 6.92 Å². The van der Waals surface area contributed by atoms with Crippen LogP contribution in [0.2, 0.25) is 0 Å². The number of aliphatic carboxylic acids is 1. The van der Waals surface area contributed by atoms with Gasteiger partial charge < -0.3 is 20.1 Å². The predicted molar refractivity (Wildman–Crippen MR) is 107 cm³/mol. The smallest absolute Gasteiger partial charge is 0.341 e.